The molecule has 2 aromatic carbocycles. The van der Waals surface area contributed by atoms with E-state index in [1.165, 1.54) is 24.3 Å². The lowest BCUT2D eigenvalue weighted by molar-refractivity contribution is 0.102. The van der Waals surface area contributed by atoms with Gasteiger partial charge in [-0.2, -0.15) is 4.72 Å². The lowest BCUT2D eigenvalue weighted by Gasteiger charge is -2.10. The second-order valence-corrected chi connectivity index (χ2v) is 7.55. The summed E-state index contributed by atoms with van der Waals surface area (Å²) in [5, 5.41) is 2.82. The van der Waals surface area contributed by atoms with Crippen LogP contribution >= 0.6 is 0 Å². The largest absolute Gasteiger partial charge is 0.322 e. The molecule has 2 aromatic rings. The predicted octanol–water partition coefficient (Wildman–Crippen LogP) is 2.97. The Morgan fingerprint density at radius 3 is 2.44 bits per heavy atom. The third kappa shape index (κ3) is 4.92. The van der Waals surface area contributed by atoms with Crippen molar-refractivity contribution in [2.45, 2.75) is 24.7 Å². The van der Waals surface area contributed by atoms with Crippen molar-refractivity contribution < 1.29 is 13.2 Å². The Morgan fingerprint density at radius 2 is 1.84 bits per heavy atom. The molecule has 1 amide bonds. The third-order valence-electron chi connectivity index (χ3n) is 3.60. The van der Waals surface area contributed by atoms with Crippen LogP contribution in [0.25, 0.3) is 0 Å². The summed E-state index contributed by atoms with van der Waals surface area (Å²) in [5.41, 5.74) is 2.19. The lowest BCUT2D eigenvalue weighted by atomic mass is 10.0. The highest BCUT2D eigenvalue weighted by atomic mass is 32.2. The van der Waals surface area contributed by atoms with Gasteiger partial charge in [0.25, 0.3) is 5.91 Å². The SMILES string of the molecule is C#CCNS(=O)(=O)c1ccc(C(=O)Nc2cccc(C(C)C)c2)cc1. The van der Waals surface area contributed by atoms with Crippen LogP contribution in [0.15, 0.2) is 53.4 Å². The van der Waals surface area contributed by atoms with Crippen LogP contribution in [0.3, 0.4) is 0 Å². The van der Waals surface area contributed by atoms with Gasteiger partial charge < -0.3 is 5.32 Å². The van der Waals surface area contributed by atoms with Crippen molar-refractivity contribution in [1.82, 2.24) is 4.72 Å². The smallest absolute Gasteiger partial charge is 0.255 e. The molecule has 0 fully saturated rings. The lowest BCUT2D eigenvalue weighted by Crippen LogP contribution is -2.24. The molecule has 130 valence electrons. The van der Waals surface area contributed by atoms with Gasteiger partial charge in [-0.3, -0.25) is 4.79 Å². The maximum Gasteiger partial charge on any atom is 0.255 e. The molecule has 2 rings (SSSR count). The molecule has 6 heteroatoms. The van der Waals surface area contributed by atoms with Crippen molar-refractivity contribution in [3.63, 3.8) is 0 Å². The van der Waals surface area contributed by atoms with Gasteiger partial charge in [0.15, 0.2) is 0 Å². The molecule has 0 unspecified atom stereocenters. The molecule has 0 aromatic heterocycles. The Labute approximate surface area is 148 Å². The molecule has 0 saturated heterocycles. The summed E-state index contributed by atoms with van der Waals surface area (Å²) in [6.45, 7) is 4.07. The standard InChI is InChI=1S/C19H20N2O3S/c1-4-12-20-25(23,24)18-10-8-15(9-11-18)19(22)21-17-7-5-6-16(13-17)14(2)3/h1,5-11,13-14,20H,12H2,2-3H3,(H,21,22). The fourth-order valence-electron chi connectivity index (χ4n) is 2.18. The summed E-state index contributed by atoms with van der Waals surface area (Å²) in [4.78, 5) is 12.4. The van der Waals surface area contributed by atoms with Crippen LogP contribution in [-0.4, -0.2) is 20.9 Å². The maximum absolute atomic E-state index is 12.3. The average Bonchev–Trinajstić information content (AvgIpc) is 2.60. The summed E-state index contributed by atoms with van der Waals surface area (Å²) in [6, 6.07) is 13.3. The quantitative estimate of drug-likeness (QED) is 0.782. The van der Waals surface area contributed by atoms with Gasteiger partial charge in [0.1, 0.15) is 0 Å². The van der Waals surface area contributed by atoms with E-state index >= 15 is 0 Å². The van der Waals surface area contributed by atoms with Crippen molar-refractivity contribution in [1.29, 1.82) is 0 Å². The normalized spacial score (nSPS) is 11.1. The number of carbonyl (C=O) groups excluding carboxylic acids is 1. The molecule has 25 heavy (non-hydrogen) atoms. The summed E-state index contributed by atoms with van der Waals surface area (Å²) in [7, 11) is -3.66. The molecule has 0 heterocycles. The van der Waals surface area contributed by atoms with Crippen LogP contribution in [0, 0.1) is 12.3 Å². The molecule has 0 aliphatic heterocycles. The van der Waals surface area contributed by atoms with Gasteiger partial charge in [-0.15, -0.1) is 6.42 Å². The first-order chi connectivity index (χ1) is 11.8. The van der Waals surface area contributed by atoms with Crippen LogP contribution in [0.1, 0.15) is 35.7 Å². The van der Waals surface area contributed by atoms with Crippen molar-refractivity contribution in [2.75, 3.05) is 11.9 Å². The van der Waals surface area contributed by atoms with Crippen molar-refractivity contribution in [3.05, 3.63) is 59.7 Å². The average molecular weight is 356 g/mol. The van der Waals surface area contributed by atoms with Crippen LogP contribution in [0.4, 0.5) is 5.69 Å². The number of anilines is 1. The summed E-state index contributed by atoms with van der Waals surface area (Å²) < 4.78 is 26.2. The molecular weight excluding hydrogens is 336 g/mol. The number of carbonyl (C=O) groups is 1. The van der Waals surface area contributed by atoms with Gasteiger partial charge >= 0.3 is 0 Å². The molecule has 0 aliphatic carbocycles. The molecule has 0 saturated carbocycles. The molecule has 0 radical (unpaired) electrons. The molecule has 2 N–H and O–H groups in total. The number of amides is 1. The van der Waals surface area contributed by atoms with E-state index in [4.69, 9.17) is 6.42 Å². The first-order valence-corrected chi connectivity index (χ1v) is 9.26. The van der Waals surface area contributed by atoms with E-state index in [1.807, 2.05) is 24.3 Å². The minimum Gasteiger partial charge on any atom is -0.322 e. The fourth-order valence-corrected chi connectivity index (χ4v) is 3.12. The van der Waals surface area contributed by atoms with E-state index in [0.29, 0.717) is 17.2 Å². The van der Waals surface area contributed by atoms with E-state index in [0.717, 1.165) is 5.56 Å². The van der Waals surface area contributed by atoms with Crippen molar-refractivity contribution >= 4 is 21.6 Å². The van der Waals surface area contributed by atoms with Gasteiger partial charge in [-0.05, 0) is 47.9 Å². The first kappa shape index (κ1) is 18.7. The van der Waals surface area contributed by atoms with Crippen LogP contribution in [0.5, 0.6) is 0 Å². The van der Waals surface area contributed by atoms with E-state index < -0.39 is 10.0 Å². The first-order valence-electron chi connectivity index (χ1n) is 7.78. The highest BCUT2D eigenvalue weighted by Gasteiger charge is 2.14. The van der Waals surface area contributed by atoms with Gasteiger partial charge in [0.05, 0.1) is 11.4 Å². The number of nitrogens with one attached hydrogen (secondary N) is 2. The molecule has 0 spiro atoms. The van der Waals surface area contributed by atoms with E-state index in [2.05, 4.69) is 29.8 Å². The van der Waals surface area contributed by atoms with Gasteiger partial charge in [0.2, 0.25) is 10.0 Å². The summed E-state index contributed by atoms with van der Waals surface area (Å²) in [6.07, 6.45) is 5.05. The molecule has 5 nitrogen and oxygen atoms in total. The molecule has 0 atom stereocenters. The zero-order valence-electron chi connectivity index (χ0n) is 14.1. The molecule has 0 aliphatic rings. The van der Waals surface area contributed by atoms with Crippen LogP contribution < -0.4 is 10.0 Å². The number of hydrogen-bond donors (Lipinski definition) is 2. The summed E-state index contributed by atoms with van der Waals surface area (Å²) in [5.74, 6) is 2.26. The molecule has 0 bridgehead atoms. The highest BCUT2D eigenvalue weighted by molar-refractivity contribution is 7.89. The number of rotatable bonds is 6. The number of benzene rings is 2. The minimum atomic E-state index is -3.66. The van der Waals surface area contributed by atoms with Gasteiger partial charge in [-0.25, -0.2) is 8.42 Å². The van der Waals surface area contributed by atoms with Crippen molar-refractivity contribution in [2.24, 2.45) is 0 Å². The second-order valence-electron chi connectivity index (χ2n) is 5.79. The van der Waals surface area contributed by atoms with Crippen molar-refractivity contribution in [3.8, 4) is 12.3 Å². The van der Waals surface area contributed by atoms with Crippen LogP contribution in [-0.2, 0) is 10.0 Å². The monoisotopic (exact) mass is 356 g/mol. The topological polar surface area (TPSA) is 75.3 Å². The Bertz CT molecular complexity index is 895. The zero-order chi connectivity index (χ0) is 18.4. The van der Waals surface area contributed by atoms with Gasteiger partial charge in [0, 0.05) is 11.3 Å². The Morgan fingerprint density at radius 1 is 1.16 bits per heavy atom. The minimum absolute atomic E-state index is 0.0566. The second kappa shape index (κ2) is 7.97. The predicted molar refractivity (Wildman–Crippen MR) is 98.9 cm³/mol. The Kier molecular flexibility index (Phi) is 5.97. The Balaban J connectivity index is 2.13. The van der Waals surface area contributed by atoms with E-state index in [9.17, 15) is 13.2 Å². The molecular formula is C19H20N2O3S. The Hall–Kier alpha value is -2.62. The number of terminal acetylenes is 1. The van der Waals surface area contributed by atoms with Gasteiger partial charge in [-0.1, -0.05) is 31.9 Å². The van der Waals surface area contributed by atoms with Crippen LogP contribution in [0.2, 0.25) is 0 Å². The van der Waals surface area contributed by atoms with E-state index in [-0.39, 0.29) is 17.3 Å². The van der Waals surface area contributed by atoms with E-state index in [1.54, 1.807) is 0 Å². The summed E-state index contributed by atoms with van der Waals surface area (Å²) >= 11 is 0. The third-order valence-corrected chi connectivity index (χ3v) is 5.02. The highest BCUT2D eigenvalue weighted by Crippen LogP contribution is 2.19. The number of sulfonamides is 1. The number of hydrogen-bond acceptors (Lipinski definition) is 3. The zero-order valence-corrected chi connectivity index (χ0v) is 14.9. The maximum atomic E-state index is 12.3. The fraction of sp³-hybridized carbons (Fsp3) is 0.211.